The van der Waals surface area contributed by atoms with Gasteiger partial charge in [0.15, 0.2) is 0 Å². The monoisotopic (exact) mass is 514 g/mol. The van der Waals surface area contributed by atoms with Gasteiger partial charge in [-0.15, -0.1) is 0 Å². The van der Waals surface area contributed by atoms with Crippen molar-refractivity contribution in [3.63, 3.8) is 0 Å². The molecule has 1 N–H and O–H groups in total. The molecule has 0 spiro atoms. The number of hydrogen-bond donors (Lipinski definition) is 1. The number of aromatic hydroxyl groups is 1. The van der Waals surface area contributed by atoms with Gasteiger partial charge in [0.05, 0.1) is 20.8 Å². The lowest BCUT2D eigenvalue weighted by Gasteiger charge is -2.14. The summed E-state index contributed by atoms with van der Waals surface area (Å²) in [6.45, 7) is 0.142. The van der Waals surface area contributed by atoms with E-state index in [0.717, 1.165) is 27.8 Å². The summed E-state index contributed by atoms with van der Waals surface area (Å²) >= 11 is 3.76. The average molecular weight is 515 g/mol. The number of hydrogen-bond acceptors (Lipinski definition) is 7. The fourth-order valence-corrected chi connectivity index (χ4v) is 4.54. The predicted molar refractivity (Wildman–Crippen MR) is 125 cm³/mol. The van der Waals surface area contributed by atoms with Crippen molar-refractivity contribution in [1.82, 2.24) is 4.90 Å². The van der Waals surface area contributed by atoms with Gasteiger partial charge in [0.2, 0.25) is 0 Å². The van der Waals surface area contributed by atoms with Crippen LogP contribution in [0.1, 0.15) is 5.56 Å². The Labute approximate surface area is 194 Å². The van der Waals surface area contributed by atoms with Crippen LogP contribution in [0.25, 0.3) is 16.8 Å². The first-order valence-electron chi connectivity index (χ1n) is 9.38. The number of phenolic OH excluding ortho intramolecular Hbond substituents is 1. The van der Waals surface area contributed by atoms with E-state index in [1.165, 1.54) is 6.08 Å². The summed E-state index contributed by atoms with van der Waals surface area (Å²) in [6, 6.07) is 15.7. The standard InChI is InChI=1S/C22H15BrN2O6S/c23-17-12-15(25(29)30)10-14(20(17)26)11-19-21(27)24(22(28)32-19)8-9-31-18-7-3-5-13-4-1-2-6-16(13)18/h1-7,10-12,26H,8-9H2/b19-11-. The number of benzene rings is 3. The predicted octanol–water partition coefficient (Wildman–Crippen LogP) is 5.33. The molecule has 0 aliphatic carbocycles. The van der Waals surface area contributed by atoms with Crippen LogP contribution >= 0.6 is 27.7 Å². The van der Waals surface area contributed by atoms with Crippen molar-refractivity contribution < 1.29 is 24.4 Å². The summed E-state index contributed by atoms with van der Waals surface area (Å²) in [4.78, 5) is 36.6. The Kier molecular flexibility index (Phi) is 6.15. The molecule has 162 valence electrons. The van der Waals surface area contributed by atoms with E-state index in [0.29, 0.717) is 17.5 Å². The Morgan fingerprint density at radius 2 is 1.91 bits per heavy atom. The molecule has 0 atom stereocenters. The van der Waals surface area contributed by atoms with Crippen LogP contribution in [-0.2, 0) is 4.79 Å². The number of halogens is 1. The van der Waals surface area contributed by atoms with Crippen molar-refractivity contribution in [3.05, 3.63) is 79.7 Å². The van der Waals surface area contributed by atoms with E-state index in [9.17, 15) is 24.8 Å². The number of phenols is 1. The molecule has 8 nitrogen and oxygen atoms in total. The Morgan fingerprint density at radius 3 is 2.69 bits per heavy atom. The molecule has 32 heavy (non-hydrogen) atoms. The van der Waals surface area contributed by atoms with E-state index in [1.54, 1.807) is 0 Å². The number of nitro groups is 1. The van der Waals surface area contributed by atoms with Gasteiger partial charge in [0, 0.05) is 23.1 Å². The van der Waals surface area contributed by atoms with E-state index < -0.39 is 16.1 Å². The number of nitro benzene ring substituents is 1. The van der Waals surface area contributed by atoms with Crippen molar-refractivity contribution in [1.29, 1.82) is 0 Å². The molecular formula is C22H15BrN2O6S. The van der Waals surface area contributed by atoms with Gasteiger partial charge < -0.3 is 9.84 Å². The number of rotatable bonds is 6. The maximum absolute atomic E-state index is 12.7. The van der Waals surface area contributed by atoms with E-state index in [1.807, 2.05) is 42.5 Å². The van der Waals surface area contributed by atoms with Crippen LogP contribution in [0.15, 0.2) is 64.0 Å². The number of fused-ring (bicyclic) bond motifs is 1. The van der Waals surface area contributed by atoms with Crippen molar-refractivity contribution >= 4 is 61.4 Å². The molecule has 0 saturated carbocycles. The topological polar surface area (TPSA) is 110 Å². The van der Waals surface area contributed by atoms with Crippen LogP contribution in [0.3, 0.4) is 0 Å². The van der Waals surface area contributed by atoms with E-state index >= 15 is 0 Å². The van der Waals surface area contributed by atoms with Crippen molar-refractivity contribution in [2.24, 2.45) is 0 Å². The first-order chi connectivity index (χ1) is 15.3. The van der Waals surface area contributed by atoms with Gasteiger partial charge in [-0.25, -0.2) is 0 Å². The molecule has 1 aliphatic heterocycles. The number of thioether (sulfide) groups is 1. The number of nitrogens with zero attached hydrogens (tertiary/aromatic N) is 2. The SMILES string of the molecule is O=C1S/C(=C\c2cc([N+](=O)[O-])cc(Br)c2O)C(=O)N1CCOc1cccc2ccccc12. The largest absolute Gasteiger partial charge is 0.506 e. The molecule has 1 fully saturated rings. The summed E-state index contributed by atoms with van der Waals surface area (Å²) in [6.07, 6.45) is 1.27. The molecule has 3 aromatic carbocycles. The Balaban J connectivity index is 1.49. The van der Waals surface area contributed by atoms with Gasteiger partial charge >= 0.3 is 0 Å². The van der Waals surface area contributed by atoms with Crippen LogP contribution in [-0.4, -0.2) is 39.2 Å². The second kappa shape index (κ2) is 9.01. The Hall–Kier alpha value is -3.37. The van der Waals surface area contributed by atoms with Gasteiger partial charge in [0.1, 0.15) is 18.1 Å². The molecule has 10 heteroatoms. The first-order valence-corrected chi connectivity index (χ1v) is 11.0. The summed E-state index contributed by atoms with van der Waals surface area (Å²) in [5.74, 6) is -0.165. The summed E-state index contributed by atoms with van der Waals surface area (Å²) in [7, 11) is 0. The number of imide groups is 1. The number of non-ortho nitro benzene ring substituents is 1. The fourth-order valence-electron chi connectivity index (χ4n) is 3.22. The maximum atomic E-state index is 12.7. The second-order valence-corrected chi connectivity index (χ2v) is 8.63. The Bertz CT molecular complexity index is 1290. The minimum Gasteiger partial charge on any atom is -0.506 e. The van der Waals surface area contributed by atoms with E-state index in [2.05, 4.69) is 15.9 Å². The second-order valence-electron chi connectivity index (χ2n) is 6.78. The minimum absolute atomic E-state index is 0.0375. The van der Waals surface area contributed by atoms with Crippen molar-refractivity contribution in [3.8, 4) is 11.5 Å². The fraction of sp³-hybridized carbons (Fsp3) is 0.0909. The molecule has 1 saturated heterocycles. The molecule has 0 bridgehead atoms. The quantitative estimate of drug-likeness (QED) is 0.268. The first kappa shape index (κ1) is 21.8. The maximum Gasteiger partial charge on any atom is 0.293 e. The highest BCUT2D eigenvalue weighted by Gasteiger charge is 2.35. The molecule has 3 aromatic rings. The zero-order chi connectivity index (χ0) is 22.8. The van der Waals surface area contributed by atoms with E-state index in [-0.39, 0.29) is 39.5 Å². The molecule has 2 amide bonds. The molecule has 0 radical (unpaired) electrons. The lowest BCUT2D eigenvalue weighted by molar-refractivity contribution is -0.385. The van der Waals surface area contributed by atoms with Crippen LogP contribution in [0.4, 0.5) is 10.5 Å². The van der Waals surface area contributed by atoms with Gasteiger partial charge in [-0.1, -0.05) is 36.4 Å². The van der Waals surface area contributed by atoms with Gasteiger partial charge in [0.25, 0.3) is 16.8 Å². The number of carbonyl (C=O) groups is 2. The van der Waals surface area contributed by atoms with E-state index in [4.69, 9.17) is 4.74 Å². The van der Waals surface area contributed by atoms with Crippen LogP contribution < -0.4 is 4.74 Å². The third-order valence-corrected chi connectivity index (χ3v) is 6.28. The molecule has 4 rings (SSSR count). The normalized spacial score (nSPS) is 15.0. The van der Waals surface area contributed by atoms with Crippen LogP contribution in [0.5, 0.6) is 11.5 Å². The lowest BCUT2D eigenvalue weighted by atomic mass is 10.1. The summed E-state index contributed by atoms with van der Waals surface area (Å²) in [5.41, 5.74) is -0.202. The molecule has 0 unspecified atom stereocenters. The molecule has 1 heterocycles. The van der Waals surface area contributed by atoms with Crippen LogP contribution in [0, 0.1) is 10.1 Å². The van der Waals surface area contributed by atoms with Crippen molar-refractivity contribution in [2.45, 2.75) is 0 Å². The highest BCUT2D eigenvalue weighted by molar-refractivity contribution is 9.10. The van der Waals surface area contributed by atoms with Gasteiger partial charge in [-0.3, -0.25) is 24.6 Å². The highest BCUT2D eigenvalue weighted by atomic mass is 79.9. The number of ether oxygens (including phenoxy) is 1. The van der Waals surface area contributed by atoms with Gasteiger partial charge in [-0.2, -0.15) is 0 Å². The highest BCUT2D eigenvalue weighted by Crippen LogP contribution is 2.38. The minimum atomic E-state index is -0.613. The van der Waals surface area contributed by atoms with Crippen LogP contribution in [0.2, 0.25) is 0 Å². The van der Waals surface area contributed by atoms with Crippen molar-refractivity contribution in [2.75, 3.05) is 13.2 Å². The zero-order valence-electron chi connectivity index (χ0n) is 16.4. The average Bonchev–Trinajstić information content (AvgIpc) is 3.04. The molecule has 0 aromatic heterocycles. The number of carbonyl (C=O) groups excluding carboxylic acids is 2. The summed E-state index contributed by atoms with van der Waals surface area (Å²) in [5, 5.41) is 22.7. The smallest absolute Gasteiger partial charge is 0.293 e. The third-order valence-electron chi connectivity index (χ3n) is 4.77. The molecule has 1 aliphatic rings. The zero-order valence-corrected chi connectivity index (χ0v) is 18.8. The molecular weight excluding hydrogens is 500 g/mol. The number of amides is 2. The Morgan fingerprint density at radius 1 is 1.16 bits per heavy atom. The summed E-state index contributed by atoms with van der Waals surface area (Å²) < 4.78 is 5.92. The third kappa shape index (κ3) is 4.32. The van der Waals surface area contributed by atoms with Gasteiger partial charge in [-0.05, 0) is 45.2 Å². The lowest BCUT2D eigenvalue weighted by Crippen LogP contribution is -2.32.